The standard InChI is InChI=1S/C24H21F3N4OS/c1-15-6-8-17(9-7-15)31-21(24(25,26)27)18(14-28-31)23(32)30-12-10-16(11-13-30)22-29-19-4-2-3-5-20(19)33-22/h2-9,14,16H,10-13H2,1H3. The molecule has 0 bridgehead atoms. The Kier molecular flexibility index (Phi) is 5.44. The fraction of sp³-hybridized carbons (Fsp3) is 0.292. The number of benzene rings is 2. The van der Waals surface area contributed by atoms with Crippen LogP contribution in [-0.2, 0) is 6.18 Å². The summed E-state index contributed by atoms with van der Waals surface area (Å²) in [4.78, 5) is 19.3. The number of thiazole rings is 1. The lowest BCUT2D eigenvalue weighted by Gasteiger charge is -2.31. The summed E-state index contributed by atoms with van der Waals surface area (Å²) >= 11 is 1.64. The number of hydrogen-bond donors (Lipinski definition) is 0. The number of aryl methyl sites for hydroxylation is 1. The van der Waals surface area contributed by atoms with Gasteiger partial charge in [-0.25, -0.2) is 9.67 Å². The minimum Gasteiger partial charge on any atom is -0.338 e. The Morgan fingerprint density at radius 2 is 1.76 bits per heavy atom. The molecule has 0 radical (unpaired) electrons. The molecule has 2 aromatic heterocycles. The van der Waals surface area contributed by atoms with Gasteiger partial charge in [-0.15, -0.1) is 11.3 Å². The van der Waals surface area contributed by atoms with E-state index in [1.54, 1.807) is 35.6 Å². The number of fused-ring (bicyclic) bond motifs is 1. The summed E-state index contributed by atoms with van der Waals surface area (Å²) in [6, 6.07) is 14.5. The van der Waals surface area contributed by atoms with Crippen LogP contribution in [-0.4, -0.2) is 38.7 Å². The summed E-state index contributed by atoms with van der Waals surface area (Å²) in [7, 11) is 0. The monoisotopic (exact) mass is 470 g/mol. The Labute approximate surface area is 192 Å². The minimum absolute atomic E-state index is 0.198. The Bertz CT molecular complexity index is 1270. The molecule has 4 aromatic rings. The minimum atomic E-state index is -4.72. The fourth-order valence-corrected chi connectivity index (χ4v) is 5.36. The van der Waals surface area contributed by atoms with Crippen LogP contribution in [0.1, 0.15) is 45.4 Å². The summed E-state index contributed by atoms with van der Waals surface area (Å²) in [5.41, 5.74) is 0.689. The van der Waals surface area contributed by atoms with Crippen LogP contribution < -0.4 is 0 Å². The van der Waals surface area contributed by atoms with Gasteiger partial charge in [0.2, 0.25) is 0 Å². The molecule has 1 aliphatic heterocycles. The topological polar surface area (TPSA) is 51.0 Å². The fourth-order valence-electron chi connectivity index (χ4n) is 4.22. The predicted octanol–water partition coefficient (Wildman–Crippen LogP) is 5.83. The molecule has 0 saturated carbocycles. The zero-order chi connectivity index (χ0) is 23.2. The van der Waals surface area contributed by atoms with Crippen molar-refractivity contribution in [1.29, 1.82) is 0 Å². The number of amides is 1. The van der Waals surface area contributed by atoms with Crippen LogP contribution >= 0.6 is 11.3 Å². The van der Waals surface area contributed by atoms with Crippen LogP contribution in [0.2, 0.25) is 0 Å². The molecule has 170 valence electrons. The van der Waals surface area contributed by atoms with Gasteiger partial charge in [-0.1, -0.05) is 29.8 Å². The highest BCUT2D eigenvalue weighted by Crippen LogP contribution is 2.37. The van der Waals surface area contributed by atoms with E-state index in [1.165, 1.54) is 4.90 Å². The first-order valence-electron chi connectivity index (χ1n) is 10.7. The highest BCUT2D eigenvalue weighted by Gasteiger charge is 2.42. The third-order valence-electron chi connectivity index (χ3n) is 5.99. The first-order valence-corrected chi connectivity index (χ1v) is 11.5. The van der Waals surface area contributed by atoms with Crippen LogP contribution in [0.5, 0.6) is 0 Å². The second kappa shape index (κ2) is 8.30. The lowest BCUT2D eigenvalue weighted by Crippen LogP contribution is -2.38. The Morgan fingerprint density at radius 1 is 1.06 bits per heavy atom. The van der Waals surface area contributed by atoms with Crippen molar-refractivity contribution in [3.05, 3.63) is 76.6 Å². The van der Waals surface area contributed by atoms with Crippen molar-refractivity contribution >= 4 is 27.5 Å². The summed E-state index contributed by atoms with van der Waals surface area (Å²) < 4.78 is 43.9. The number of likely N-dealkylation sites (tertiary alicyclic amines) is 1. The zero-order valence-corrected chi connectivity index (χ0v) is 18.7. The lowest BCUT2D eigenvalue weighted by atomic mass is 9.97. The molecule has 0 spiro atoms. The smallest absolute Gasteiger partial charge is 0.338 e. The van der Waals surface area contributed by atoms with E-state index in [-0.39, 0.29) is 11.6 Å². The summed E-state index contributed by atoms with van der Waals surface area (Å²) in [6.07, 6.45) is -2.35. The predicted molar refractivity (Wildman–Crippen MR) is 121 cm³/mol. The number of carbonyl (C=O) groups excluding carboxylic acids is 1. The maximum Gasteiger partial charge on any atom is 0.434 e. The van der Waals surface area contributed by atoms with Crippen molar-refractivity contribution in [2.75, 3.05) is 13.1 Å². The molecule has 0 unspecified atom stereocenters. The van der Waals surface area contributed by atoms with Gasteiger partial charge in [0.1, 0.15) is 0 Å². The maximum absolute atomic E-state index is 14.0. The number of para-hydroxylation sites is 1. The van der Waals surface area contributed by atoms with Crippen molar-refractivity contribution in [2.45, 2.75) is 31.9 Å². The molecule has 3 heterocycles. The molecule has 1 aliphatic rings. The van der Waals surface area contributed by atoms with Gasteiger partial charge in [-0.2, -0.15) is 18.3 Å². The SMILES string of the molecule is Cc1ccc(-n2ncc(C(=O)N3CCC(c4nc5ccccc5s4)CC3)c2C(F)(F)F)cc1. The number of hydrogen-bond acceptors (Lipinski definition) is 4. The Balaban J connectivity index is 1.37. The second-order valence-corrected chi connectivity index (χ2v) is 9.30. The van der Waals surface area contributed by atoms with Crippen LogP contribution in [0.25, 0.3) is 15.9 Å². The number of rotatable bonds is 3. The second-order valence-electron chi connectivity index (χ2n) is 8.24. The van der Waals surface area contributed by atoms with E-state index < -0.39 is 23.3 Å². The number of alkyl halides is 3. The maximum atomic E-state index is 14.0. The van der Waals surface area contributed by atoms with Gasteiger partial charge < -0.3 is 4.90 Å². The molecule has 5 nitrogen and oxygen atoms in total. The highest BCUT2D eigenvalue weighted by atomic mass is 32.1. The van der Waals surface area contributed by atoms with Gasteiger partial charge in [0.05, 0.1) is 32.7 Å². The van der Waals surface area contributed by atoms with Gasteiger partial charge in [-0.05, 0) is 44.0 Å². The van der Waals surface area contributed by atoms with Crippen molar-refractivity contribution < 1.29 is 18.0 Å². The first kappa shape index (κ1) is 21.6. The van der Waals surface area contributed by atoms with Crippen molar-refractivity contribution in [2.24, 2.45) is 0 Å². The largest absolute Gasteiger partial charge is 0.434 e. The van der Waals surface area contributed by atoms with Crippen molar-refractivity contribution in [1.82, 2.24) is 19.7 Å². The number of carbonyl (C=O) groups is 1. The van der Waals surface area contributed by atoms with Gasteiger partial charge in [0.25, 0.3) is 5.91 Å². The van der Waals surface area contributed by atoms with E-state index in [9.17, 15) is 18.0 Å². The van der Waals surface area contributed by atoms with E-state index >= 15 is 0 Å². The molecular weight excluding hydrogens is 449 g/mol. The van der Waals surface area contributed by atoms with E-state index in [4.69, 9.17) is 4.98 Å². The number of piperidine rings is 1. The molecule has 1 saturated heterocycles. The molecule has 33 heavy (non-hydrogen) atoms. The van der Waals surface area contributed by atoms with Gasteiger partial charge in [0.15, 0.2) is 5.69 Å². The number of aromatic nitrogens is 3. The summed E-state index contributed by atoms with van der Waals surface area (Å²) in [6.45, 7) is 2.61. The highest BCUT2D eigenvalue weighted by molar-refractivity contribution is 7.18. The number of halogens is 3. The Morgan fingerprint density at radius 3 is 2.42 bits per heavy atom. The van der Waals surface area contributed by atoms with E-state index in [2.05, 4.69) is 5.10 Å². The van der Waals surface area contributed by atoms with Gasteiger partial charge >= 0.3 is 6.18 Å². The average Bonchev–Trinajstić information content (AvgIpc) is 3.44. The van der Waals surface area contributed by atoms with Crippen LogP contribution in [0.3, 0.4) is 0 Å². The quantitative estimate of drug-likeness (QED) is 0.379. The van der Waals surface area contributed by atoms with E-state index in [0.717, 1.165) is 31.7 Å². The van der Waals surface area contributed by atoms with Crippen LogP contribution in [0.4, 0.5) is 13.2 Å². The van der Waals surface area contributed by atoms with Crippen LogP contribution in [0, 0.1) is 6.92 Å². The van der Waals surface area contributed by atoms with Crippen molar-refractivity contribution in [3.63, 3.8) is 0 Å². The molecule has 1 fully saturated rings. The lowest BCUT2D eigenvalue weighted by molar-refractivity contribution is -0.143. The Hall–Kier alpha value is -3.20. The first-order chi connectivity index (χ1) is 15.8. The zero-order valence-electron chi connectivity index (χ0n) is 17.8. The van der Waals surface area contributed by atoms with Gasteiger partial charge in [0, 0.05) is 19.0 Å². The summed E-state index contributed by atoms with van der Waals surface area (Å²) in [5, 5.41) is 4.95. The van der Waals surface area contributed by atoms with Crippen LogP contribution in [0.15, 0.2) is 54.7 Å². The molecule has 0 aliphatic carbocycles. The number of nitrogens with zero attached hydrogens (tertiary/aromatic N) is 4. The average molecular weight is 471 g/mol. The molecule has 1 amide bonds. The van der Waals surface area contributed by atoms with Crippen molar-refractivity contribution in [3.8, 4) is 5.69 Å². The third-order valence-corrected chi connectivity index (χ3v) is 7.19. The molecule has 9 heteroatoms. The normalized spacial score (nSPS) is 15.3. The van der Waals surface area contributed by atoms with E-state index in [1.807, 2.05) is 31.2 Å². The molecule has 0 atom stereocenters. The molecule has 2 aromatic carbocycles. The van der Waals surface area contributed by atoms with E-state index in [0.29, 0.717) is 25.9 Å². The molecule has 0 N–H and O–H groups in total. The van der Waals surface area contributed by atoms with Gasteiger partial charge in [-0.3, -0.25) is 4.79 Å². The summed E-state index contributed by atoms with van der Waals surface area (Å²) in [5.74, 6) is -0.438. The molecular formula is C24H21F3N4OS. The molecule has 5 rings (SSSR count). The third kappa shape index (κ3) is 4.13.